The number of carbonyl (C=O) groups excluding carboxylic acids is 1. The highest BCUT2D eigenvalue weighted by Gasteiger charge is 2.20. The molecule has 0 radical (unpaired) electrons. The molecule has 0 unspecified atom stereocenters. The fourth-order valence-electron chi connectivity index (χ4n) is 3.23. The molecule has 1 N–H and O–H groups in total. The van der Waals surface area contributed by atoms with E-state index in [1.165, 1.54) is 11.8 Å². The molecule has 6 nitrogen and oxygen atoms in total. The molecule has 2 aromatic carbocycles. The Morgan fingerprint density at radius 1 is 1.22 bits per heavy atom. The predicted octanol–water partition coefficient (Wildman–Crippen LogP) is 6.55. The molecule has 0 spiro atoms. The van der Waals surface area contributed by atoms with Gasteiger partial charge in [0, 0.05) is 15.8 Å². The van der Waals surface area contributed by atoms with Crippen LogP contribution in [0, 0.1) is 3.57 Å². The van der Waals surface area contributed by atoms with Crippen molar-refractivity contribution in [3.05, 3.63) is 62.4 Å². The molecule has 1 aromatic heterocycles. The molecular formula is C23H26ClIN4O2S. The Kier molecular flexibility index (Phi) is 8.84. The highest BCUT2D eigenvalue weighted by molar-refractivity contribution is 14.1. The summed E-state index contributed by atoms with van der Waals surface area (Å²) in [4.78, 5) is 12.6. The van der Waals surface area contributed by atoms with Gasteiger partial charge in [-0.3, -0.25) is 4.79 Å². The normalized spacial score (nSPS) is 12.1. The van der Waals surface area contributed by atoms with Crippen LogP contribution in [0.1, 0.15) is 51.1 Å². The minimum atomic E-state index is -0.342. The van der Waals surface area contributed by atoms with Crippen molar-refractivity contribution in [3.8, 4) is 5.75 Å². The lowest BCUT2D eigenvalue weighted by atomic mass is 10.0. The molecule has 0 saturated carbocycles. The molecule has 0 aliphatic carbocycles. The fourth-order valence-corrected chi connectivity index (χ4v) is 4.73. The number of hydrogen-bond donors (Lipinski definition) is 1. The van der Waals surface area contributed by atoms with Crippen molar-refractivity contribution >= 4 is 57.5 Å². The molecule has 0 bridgehead atoms. The van der Waals surface area contributed by atoms with Crippen molar-refractivity contribution in [2.24, 2.45) is 0 Å². The molecule has 1 heterocycles. The number of para-hydroxylation sites is 1. The van der Waals surface area contributed by atoms with Crippen LogP contribution in [0.3, 0.4) is 0 Å². The van der Waals surface area contributed by atoms with Crippen LogP contribution in [0.2, 0.25) is 5.02 Å². The molecule has 9 heteroatoms. The van der Waals surface area contributed by atoms with Gasteiger partial charge in [-0.15, -0.1) is 10.2 Å². The SMILES string of the molecule is CCn1c(SCC(=O)Nc2ccc(I)cc2C(C)C)nnc1[C@H](C)Oc1ccccc1Cl. The molecular weight excluding hydrogens is 559 g/mol. The molecule has 1 amide bonds. The summed E-state index contributed by atoms with van der Waals surface area (Å²) in [6, 6.07) is 13.4. The molecule has 0 fully saturated rings. The first-order chi connectivity index (χ1) is 15.3. The third-order valence-electron chi connectivity index (χ3n) is 4.81. The number of anilines is 1. The number of thioether (sulfide) groups is 1. The number of amides is 1. The van der Waals surface area contributed by atoms with Crippen molar-refractivity contribution in [2.45, 2.75) is 51.4 Å². The Bertz CT molecular complexity index is 1090. The van der Waals surface area contributed by atoms with E-state index in [-0.39, 0.29) is 17.8 Å². The predicted molar refractivity (Wildman–Crippen MR) is 139 cm³/mol. The molecule has 3 aromatic rings. The van der Waals surface area contributed by atoms with E-state index in [2.05, 4.69) is 58.0 Å². The Morgan fingerprint density at radius 2 is 1.97 bits per heavy atom. The van der Waals surface area contributed by atoms with Crippen LogP contribution >= 0.6 is 46.0 Å². The van der Waals surface area contributed by atoms with Gasteiger partial charge < -0.3 is 14.6 Å². The number of ether oxygens (including phenoxy) is 1. The van der Waals surface area contributed by atoms with Crippen LogP contribution in [0.15, 0.2) is 47.6 Å². The van der Waals surface area contributed by atoms with E-state index in [0.29, 0.717) is 34.2 Å². The Morgan fingerprint density at radius 3 is 2.66 bits per heavy atom. The van der Waals surface area contributed by atoms with Gasteiger partial charge in [0.05, 0.1) is 10.8 Å². The van der Waals surface area contributed by atoms with Gasteiger partial charge in [-0.05, 0) is 78.3 Å². The van der Waals surface area contributed by atoms with Gasteiger partial charge in [0.25, 0.3) is 0 Å². The Labute approximate surface area is 211 Å². The standard InChI is InChI=1S/C23H26ClIN4O2S/c1-5-29-22(15(4)31-20-9-7-6-8-18(20)24)27-28-23(29)32-13-21(30)26-19-11-10-16(25)12-17(19)14(2)3/h6-12,14-15H,5,13H2,1-4H3,(H,26,30)/t15-/m0/s1. The number of rotatable bonds is 9. The molecule has 170 valence electrons. The van der Waals surface area contributed by atoms with Gasteiger partial charge in [-0.1, -0.05) is 49.3 Å². The summed E-state index contributed by atoms with van der Waals surface area (Å²) in [6.07, 6.45) is -0.342. The minimum absolute atomic E-state index is 0.0781. The number of aromatic nitrogens is 3. The number of hydrogen-bond acceptors (Lipinski definition) is 5. The van der Waals surface area contributed by atoms with Crippen molar-refractivity contribution in [3.63, 3.8) is 0 Å². The summed E-state index contributed by atoms with van der Waals surface area (Å²) in [5.74, 6) is 1.76. The number of carbonyl (C=O) groups is 1. The zero-order chi connectivity index (χ0) is 23.3. The van der Waals surface area contributed by atoms with Gasteiger partial charge in [0.15, 0.2) is 17.1 Å². The van der Waals surface area contributed by atoms with E-state index in [0.717, 1.165) is 14.8 Å². The average Bonchev–Trinajstić information content (AvgIpc) is 3.18. The van der Waals surface area contributed by atoms with E-state index in [4.69, 9.17) is 16.3 Å². The fraction of sp³-hybridized carbons (Fsp3) is 0.348. The van der Waals surface area contributed by atoms with Crippen molar-refractivity contribution < 1.29 is 9.53 Å². The highest BCUT2D eigenvalue weighted by atomic mass is 127. The molecule has 0 saturated heterocycles. The van der Waals surface area contributed by atoms with Crippen LogP contribution in [0.5, 0.6) is 5.75 Å². The van der Waals surface area contributed by atoms with Gasteiger partial charge in [0.1, 0.15) is 5.75 Å². The van der Waals surface area contributed by atoms with E-state index >= 15 is 0 Å². The van der Waals surface area contributed by atoms with Gasteiger partial charge in [-0.2, -0.15) is 0 Å². The van der Waals surface area contributed by atoms with E-state index in [1.807, 2.05) is 48.7 Å². The van der Waals surface area contributed by atoms with Crippen LogP contribution < -0.4 is 10.1 Å². The largest absolute Gasteiger partial charge is 0.481 e. The lowest BCUT2D eigenvalue weighted by Crippen LogP contribution is -2.16. The van der Waals surface area contributed by atoms with Crippen molar-refractivity contribution in [2.75, 3.05) is 11.1 Å². The lowest BCUT2D eigenvalue weighted by Gasteiger charge is -2.16. The maximum atomic E-state index is 12.6. The molecule has 0 aliphatic heterocycles. The second-order valence-corrected chi connectivity index (χ2v) is 10.1. The summed E-state index contributed by atoms with van der Waals surface area (Å²) in [5, 5.41) is 12.9. The average molecular weight is 585 g/mol. The molecule has 1 atom stereocenters. The third kappa shape index (κ3) is 6.17. The Balaban J connectivity index is 1.67. The highest BCUT2D eigenvalue weighted by Crippen LogP contribution is 2.30. The zero-order valence-corrected chi connectivity index (χ0v) is 22.2. The smallest absolute Gasteiger partial charge is 0.234 e. The summed E-state index contributed by atoms with van der Waals surface area (Å²) in [6.45, 7) is 8.82. The van der Waals surface area contributed by atoms with Crippen LogP contribution in [0.25, 0.3) is 0 Å². The molecule has 0 aliphatic rings. The van der Waals surface area contributed by atoms with Crippen molar-refractivity contribution in [1.82, 2.24) is 14.8 Å². The number of halogens is 2. The van der Waals surface area contributed by atoms with Crippen LogP contribution in [0.4, 0.5) is 5.69 Å². The zero-order valence-electron chi connectivity index (χ0n) is 18.4. The van der Waals surface area contributed by atoms with Crippen LogP contribution in [-0.4, -0.2) is 26.4 Å². The lowest BCUT2D eigenvalue weighted by molar-refractivity contribution is -0.113. The first kappa shape index (κ1) is 24.9. The summed E-state index contributed by atoms with van der Waals surface area (Å²) in [7, 11) is 0. The monoisotopic (exact) mass is 584 g/mol. The second kappa shape index (κ2) is 11.4. The summed E-state index contributed by atoms with van der Waals surface area (Å²) >= 11 is 9.85. The first-order valence-corrected chi connectivity index (χ1v) is 12.8. The minimum Gasteiger partial charge on any atom is -0.481 e. The van der Waals surface area contributed by atoms with Gasteiger partial charge in [-0.25, -0.2) is 0 Å². The number of nitrogens with zero attached hydrogens (tertiary/aromatic N) is 3. The van der Waals surface area contributed by atoms with E-state index in [9.17, 15) is 4.79 Å². The molecule has 3 rings (SSSR count). The molecule has 32 heavy (non-hydrogen) atoms. The summed E-state index contributed by atoms with van der Waals surface area (Å²) in [5.41, 5.74) is 1.98. The summed E-state index contributed by atoms with van der Waals surface area (Å²) < 4.78 is 9.10. The van der Waals surface area contributed by atoms with Gasteiger partial charge in [0.2, 0.25) is 5.91 Å². The third-order valence-corrected chi connectivity index (χ3v) is 6.76. The van der Waals surface area contributed by atoms with E-state index < -0.39 is 0 Å². The van der Waals surface area contributed by atoms with Gasteiger partial charge >= 0.3 is 0 Å². The topological polar surface area (TPSA) is 69.0 Å². The maximum Gasteiger partial charge on any atom is 0.234 e. The van der Waals surface area contributed by atoms with E-state index in [1.54, 1.807) is 6.07 Å². The van der Waals surface area contributed by atoms with Crippen molar-refractivity contribution in [1.29, 1.82) is 0 Å². The number of nitrogens with one attached hydrogen (secondary N) is 1. The quantitative estimate of drug-likeness (QED) is 0.228. The first-order valence-electron chi connectivity index (χ1n) is 10.4. The van der Waals surface area contributed by atoms with Crippen LogP contribution in [-0.2, 0) is 11.3 Å². The second-order valence-electron chi connectivity index (χ2n) is 7.50. The maximum absolute atomic E-state index is 12.6. The Hall–Kier alpha value is -1.78. The number of benzene rings is 2.